The summed E-state index contributed by atoms with van der Waals surface area (Å²) in [5.41, 5.74) is 5.61. The minimum absolute atomic E-state index is 0.117. The van der Waals surface area contributed by atoms with Crippen molar-refractivity contribution < 1.29 is 14.3 Å². The van der Waals surface area contributed by atoms with E-state index >= 15 is 0 Å². The normalized spacial score (nSPS) is 9.79. The molecule has 0 saturated carbocycles. The number of carbonyl (C=O) groups is 2. The molecule has 0 unspecified atom stereocenters. The predicted octanol–water partition coefficient (Wildman–Crippen LogP) is -0.114. The highest BCUT2D eigenvalue weighted by Crippen LogP contribution is 2.10. The largest absolute Gasteiger partial charge is 0.469 e. The maximum absolute atomic E-state index is 10.9. The van der Waals surface area contributed by atoms with Crippen LogP contribution in [0.25, 0.3) is 0 Å². The molecule has 0 radical (unpaired) electrons. The molecule has 1 aromatic rings. The Morgan fingerprint density at radius 2 is 2.29 bits per heavy atom. The molecule has 0 spiro atoms. The molecule has 0 fully saturated rings. The molecule has 1 heterocycles. The third kappa shape index (κ3) is 3.14. The third-order valence-corrected chi connectivity index (χ3v) is 2.38. The maximum atomic E-state index is 10.9. The Labute approximate surface area is 84.9 Å². The van der Waals surface area contributed by atoms with Crippen LogP contribution in [-0.2, 0) is 27.2 Å². The molecule has 14 heavy (non-hydrogen) atoms. The molecule has 0 aromatic carbocycles. The van der Waals surface area contributed by atoms with Crippen LogP contribution in [0.2, 0.25) is 0 Å². The van der Waals surface area contributed by atoms with Gasteiger partial charge in [-0.2, -0.15) is 0 Å². The monoisotopic (exact) mass is 214 g/mol. The number of hydrogen-bond donors (Lipinski definition) is 1. The van der Waals surface area contributed by atoms with Gasteiger partial charge in [-0.25, -0.2) is 4.98 Å². The van der Waals surface area contributed by atoms with Gasteiger partial charge in [0.1, 0.15) is 5.01 Å². The van der Waals surface area contributed by atoms with Crippen LogP contribution < -0.4 is 5.73 Å². The van der Waals surface area contributed by atoms with E-state index in [1.165, 1.54) is 18.4 Å². The summed E-state index contributed by atoms with van der Waals surface area (Å²) in [5.74, 6) is -0.773. The number of carbonyl (C=O) groups excluding carboxylic acids is 2. The average Bonchev–Trinajstić information content (AvgIpc) is 2.51. The van der Waals surface area contributed by atoms with E-state index in [1.54, 1.807) is 5.38 Å². The number of hydrogen-bond acceptors (Lipinski definition) is 5. The number of nitrogens with two attached hydrogens (primary N) is 1. The van der Waals surface area contributed by atoms with Crippen LogP contribution in [-0.4, -0.2) is 24.0 Å². The zero-order valence-electron chi connectivity index (χ0n) is 7.65. The smallest absolute Gasteiger partial charge is 0.311 e. The molecular formula is C8H10N2O3S. The van der Waals surface area contributed by atoms with Crippen molar-refractivity contribution in [1.82, 2.24) is 4.98 Å². The Hall–Kier alpha value is -1.43. The molecule has 2 N–H and O–H groups in total. The second-order valence-electron chi connectivity index (χ2n) is 2.63. The highest BCUT2D eigenvalue weighted by Gasteiger charge is 2.08. The third-order valence-electron chi connectivity index (χ3n) is 1.48. The minimum Gasteiger partial charge on any atom is -0.469 e. The van der Waals surface area contributed by atoms with E-state index in [1.807, 2.05) is 0 Å². The van der Waals surface area contributed by atoms with Gasteiger partial charge in [0.05, 0.1) is 25.6 Å². The van der Waals surface area contributed by atoms with E-state index in [-0.39, 0.29) is 18.8 Å². The van der Waals surface area contributed by atoms with Gasteiger partial charge in [-0.15, -0.1) is 11.3 Å². The van der Waals surface area contributed by atoms with Crippen molar-refractivity contribution in [2.45, 2.75) is 12.8 Å². The second-order valence-corrected chi connectivity index (χ2v) is 3.57. The first-order valence-corrected chi connectivity index (χ1v) is 4.78. The Kier molecular flexibility index (Phi) is 3.58. The van der Waals surface area contributed by atoms with Crippen LogP contribution in [0.4, 0.5) is 0 Å². The van der Waals surface area contributed by atoms with Gasteiger partial charge in [0.15, 0.2) is 0 Å². The highest BCUT2D eigenvalue weighted by atomic mass is 32.1. The quantitative estimate of drug-likeness (QED) is 0.709. The summed E-state index contributed by atoms with van der Waals surface area (Å²) in [4.78, 5) is 25.5. The standard InChI is InChI=1S/C8H10N2O3S/c1-13-8(12)2-5-4-14-7(10-5)3-6(9)11/h4H,2-3H2,1H3,(H2,9,11). The van der Waals surface area contributed by atoms with Crippen molar-refractivity contribution in [3.63, 3.8) is 0 Å². The zero-order valence-corrected chi connectivity index (χ0v) is 8.47. The fourth-order valence-corrected chi connectivity index (χ4v) is 1.68. The summed E-state index contributed by atoms with van der Waals surface area (Å²) in [6, 6.07) is 0. The van der Waals surface area contributed by atoms with Gasteiger partial charge in [-0.3, -0.25) is 9.59 Å². The van der Waals surface area contributed by atoms with E-state index < -0.39 is 5.91 Å². The topological polar surface area (TPSA) is 82.3 Å². The SMILES string of the molecule is COC(=O)Cc1csc(CC(N)=O)n1. The summed E-state index contributed by atoms with van der Waals surface area (Å²) < 4.78 is 4.48. The lowest BCUT2D eigenvalue weighted by Gasteiger charge is -1.93. The van der Waals surface area contributed by atoms with Gasteiger partial charge in [-0.1, -0.05) is 0 Å². The zero-order chi connectivity index (χ0) is 10.6. The number of primary amides is 1. The molecule has 1 rings (SSSR count). The van der Waals surface area contributed by atoms with E-state index in [4.69, 9.17) is 5.73 Å². The molecule has 6 heteroatoms. The second kappa shape index (κ2) is 4.71. The Morgan fingerprint density at radius 1 is 1.57 bits per heavy atom. The Balaban J connectivity index is 2.59. The summed E-state index contributed by atoms with van der Waals surface area (Å²) in [6.07, 6.45) is 0.248. The molecule has 0 bridgehead atoms. The number of amides is 1. The lowest BCUT2D eigenvalue weighted by atomic mass is 10.3. The number of methoxy groups -OCH3 is 1. The molecule has 0 aliphatic heterocycles. The number of thiazole rings is 1. The number of nitrogens with zero attached hydrogens (tertiary/aromatic N) is 1. The van der Waals surface area contributed by atoms with Gasteiger partial charge in [-0.05, 0) is 0 Å². The molecule has 0 atom stereocenters. The van der Waals surface area contributed by atoms with Crippen LogP contribution in [0.5, 0.6) is 0 Å². The average molecular weight is 214 g/mol. The van der Waals surface area contributed by atoms with Crippen molar-refractivity contribution in [2.24, 2.45) is 5.73 Å². The number of esters is 1. The highest BCUT2D eigenvalue weighted by molar-refractivity contribution is 7.09. The molecule has 0 aliphatic rings. The first-order chi connectivity index (χ1) is 6.61. The molecule has 1 aromatic heterocycles. The maximum Gasteiger partial charge on any atom is 0.311 e. The fourth-order valence-electron chi connectivity index (χ4n) is 0.880. The molecule has 1 amide bonds. The molecular weight excluding hydrogens is 204 g/mol. The first-order valence-electron chi connectivity index (χ1n) is 3.90. The van der Waals surface area contributed by atoms with Crippen molar-refractivity contribution in [3.05, 3.63) is 16.1 Å². The van der Waals surface area contributed by atoms with Crippen LogP contribution in [0.3, 0.4) is 0 Å². The van der Waals surface area contributed by atoms with Gasteiger partial charge >= 0.3 is 5.97 Å². The summed E-state index contributed by atoms with van der Waals surface area (Å²) in [6.45, 7) is 0. The van der Waals surface area contributed by atoms with Crippen LogP contribution in [0.15, 0.2) is 5.38 Å². The fraction of sp³-hybridized carbons (Fsp3) is 0.375. The van der Waals surface area contributed by atoms with Crippen molar-refractivity contribution in [1.29, 1.82) is 0 Å². The number of aromatic nitrogens is 1. The van der Waals surface area contributed by atoms with Crippen LogP contribution in [0, 0.1) is 0 Å². The summed E-state index contributed by atoms with van der Waals surface area (Å²) in [5, 5.41) is 2.34. The molecule has 76 valence electrons. The van der Waals surface area contributed by atoms with E-state index in [0.29, 0.717) is 10.7 Å². The van der Waals surface area contributed by atoms with E-state index in [0.717, 1.165) is 0 Å². The van der Waals surface area contributed by atoms with E-state index in [2.05, 4.69) is 9.72 Å². The van der Waals surface area contributed by atoms with Crippen LogP contribution in [0.1, 0.15) is 10.7 Å². The van der Waals surface area contributed by atoms with Crippen molar-refractivity contribution in [2.75, 3.05) is 7.11 Å². The predicted molar refractivity (Wildman–Crippen MR) is 50.7 cm³/mol. The van der Waals surface area contributed by atoms with Gasteiger partial charge in [0.25, 0.3) is 0 Å². The van der Waals surface area contributed by atoms with Crippen molar-refractivity contribution in [3.8, 4) is 0 Å². The lowest BCUT2D eigenvalue weighted by molar-refractivity contribution is -0.139. The first kappa shape index (κ1) is 10.6. The van der Waals surface area contributed by atoms with Crippen molar-refractivity contribution >= 4 is 23.2 Å². The molecule has 0 saturated heterocycles. The molecule has 0 aliphatic carbocycles. The van der Waals surface area contributed by atoms with Gasteiger partial charge in [0, 0.05) is 5.38 Å². The van der Waals surface area contributed by atoms with Gasteiger partial charge in [0.2, 0.25) is 5.91 Å². The number of rotatable bonds is 4. The lowest BCUT2D eigenvalue weighted by Crippen LogP contribution is -2.13. The van der Waals surface area contributed by atoms with Crippen LogP contribution >= 0.6 is 11.3 Å². The Morgan fingerprint density at radius 3 is 2.86 bits per heavy atom. The Bertz CT molecular complexity index is 348. The molecule has 5 nitrogen and oxygen atoms in total. The van der Waals surface area contributed by atoms with Gasteiger partial charge < -0.3 is 10.5 Å². The summed E-state index contributed by atoms with van der Waals surface area (Å²) >= 11 is 1.31. The minimum atomic E-state index is -0.427. The van der Waals surface area contributed by atoms with E-state index in [9.17, 15) is 9.59 Å². The number of ether oxygens (including phenoxy) is 1. The summed E-state index contributed by atoms with van der Waals surface area (Å²) in [7, 11) is 1.32.